The average molecular weight is 145 g/mol. The second-order valence-corrected chi connectivity index (χ2v) is 2.39. The quantitative estimate of drug-likeness (QED) is 0.602. The van der Waals surface area contributed by atoms with E-state index in [1.54, 1.807) is 7.11 Å². The van der Waals surface area contributed by atoms with Crippen LogP contribution in [0.2, 0.25) is 0 Å². The monoisotopic (exact) mass is 145 g/mol. The fraction of sp³-hybridized carbons (Fsp3) is 1.00. The molecule has 1 rings (SSSR count). The smallest absolute Gasteiger partial charge is 0.0433 e. The largest absolute Gasteiger partial charge is 0.385 e. The lowest BCUT2D eigenvalue weighted by atomic mass is 10.2. The summed E-state index contributed by atoms with van der Waals surface area (Å²) in [5, 5.41) is 3.28. The predicted molar refractivity (Wildman–Crippen MR) is 44.3 cm³/mol. The highest BCUT2D eigenvalue weighted by molar-refractivity contribution is 4.55. The first-order valence-electron chi connectivity index (χ1n) is 4.11. The topological polar surface area (TPSA) is 21.3 Å². The Kier molecular flexibility index (Phi) is 8.85. The van der Waals surface area contributed by atoms with Crippen molar-refractivity contribution in [2.45, 2.75) is 26.2 Å². The van der Waals surface area contributed by atoms with Gasteiger partial charge in [0.25, 0.3) is 0 Å². The molecular weight excluding hydrogens is 126 g/mol. The Morgan fingerprint density at radius 1 is 1.20 bits per heavy atom. The van der Waals surface area contributed by atoms with Gasteiger partial charge >= 0.3 is 0 Å². The first kappa shape index (κ1) is 9.92. The van der Waals surface area contributed by atoms with Gasteiger partial charge in [-0.15, -0.1) is 0 Å². The molecule has 0 bridgehead atoms. The van der Waals surface area contributed by atoms with E-state index in [1.165, 1.54) is 32.4 Å². The molecule has 1 heterocycles. The van der Waals surface area contributed by atoms with Gasteiger partial charge in [-0.1, -0.05) is 6.42 Å². The lowest BCUT2D eigenvalue weighted by molar-refractivity contribution is 0.215. The van der Waals surface area contributed by atoms with E-state index in [0.717, 1.165) is 6.61 Å². The van der Waals surface area contributed by atoms with Crippen LogP contribution in [0.15, 0.2) is 0 Å². The minimum Gasteiger partial charge on any atom is -0.385 e. The maximum absolute atomic E-state index is 4.54. The molecule has 0 aromatic heterocycles. The number of ether oxygens (including phenoxy) is 1. The summed E-state index contributed by atoms with van der Waals surface area (Å²) in [6, 6.07) is 0. The third-order valence-corrected chi connectivity index (χ3v) is 1.50. The third-order valence-electron chi connectivity index (χ3n) is 1.50. The molecule has 0 aromatic carbocycles. The standard InChI is InChI=1S/C5H11N.C3H8O/c1-2-4-6-5-3-1;1-3-4-2/h6H,1-5H2;3H2,1-2H3. The van der Waals surface area contributed by atoms with Gasteiger partial charge in [-0.2, -0.15) is 0 Å². The maximum Gasteiger partial charge on any atom is 0.0433 e. The summed E-state index contributed by atoms with van der Waals surface area (Å²) in [6.45, 7) is 5.28. The van der Waals surface area contributed by atoms with E-state index in [4.69, 9.17) is 0 Å². The number of methoxy groups -OCH3 is 1. The van der Waals surface area contributed by atoms with Crippen LogP contribution in [0.5, 0.6) is 0 Å². The predicted octanol–water partition coefficient (Wildman–Crippen LogP) is 1.41. The molecule has 0 unspecified atom stereocenters. The second kappa shape index (κ2) is 8.92. The van der Waals surface area contributed by atoms with Crippen molar-refractivity contribution >= 4 is 0 Å². The van der Waals surface area contributed by atoms with E-state index in [1.807, 2.05) is 6.92 Å². The average Bonchev–Trinajstić information content (AvgIpc) is 2.08. The molecule has 0 saturated carbocycles. The van der Waals surface area contributed by atoms with Crippen LogP contribution in [-0.2, 0) is 4.74 Å². The van der Waals surface area contributed by atoms with Gasteiger partial charge in [0.1, 0.15) is 0 Å². The molecule has 1 fully saturated rings. The summed E-state index contributed by atoms with van der Waals surface area (Å²) in [5.41, 5.74) is 0. The van der Waals surface area contributed by atoms with Gasteiger partial charge in [0.15, 0.2) is 0 Å². The van der Waals surface area contributed by atoms with Crippen molar-refractivity contribution in [2.24, 2.45) is 0 Å². The highest BCUT2D eigenvalue weighted by atomic mass is 16.5. The van der Waals surface area contributed by atoms with Crippen LogP contribution in [0.4, 0.5) is 0 Å². The van der Waals surface area contributed by atoms with Crippen LogP contribution >= 0.6 is 0 Å². The number of piperidine rings is 1. The molecule has 1 aliphatic heterocycles. The summed E-state index contributed by atoms with van der Waals surface area (Å²) in [7, 11) is 1.68. The van der Waals surface area contributed by atoms with Gasteiger partial charge in [-0.25, -0.2) is 0 Å². The van der Waals surface area contributed by atoms with E-state index < -0.39 is 0 Å². The molecule has 1 saturated heterocycles. The van der Waals surface area contributed by atoms with Crippen molar-refractivity contribution in [1.82, 2.24) is 5.32 Å². The van der Waals surface area contributed by atoms with Crippen molar-refractivity contribution in [3.05, 3.63) is 0 Å². The highest BCUT2D eigenvalue weighted by Crippen LogP contribution is 1.96. The molecule has 1 aliphatic rings. The lowest BCUT2D eigenvalue weighted by Crippen LogP contribution is -2.21. The van der Waals surface area contributed by atoms with Crippen molar-refractivity contribution in [3.63, 3.8) is 0 Å². The van der Waals surface area contributed by atoms with Gasteiger partial charge in [0, 0.05) is 13.7 Å². The maximum atomic E-state index is 4.54. The van der Waals surface area contributed by atoms with Gasteiger partial charge in [0.2, 0.25) is 0 Å². The minimum absolute atomic E-state index is 0.819. The molecule has 10 heavy (non-hydrogen) atoms. The van der Waals surface area contributed by atoms with Crippen LogP contribution in [0.25, 0.3) is 0 Å². The van der Waals surface area contributed by atoms with E-state index in [9.17, 15) is 0 Å². The van der Waals surface area contributed by atoms with Crippen molar-refractivity contribution in [1.29, 1.82) is 0 Å². The molecule has 0 aromatic rings. The number of hydrogen-bond acceptors (Lipinski definition) is 2. The molecular formula is C8H19NO. The Morgan fingerprint density at radius 3 is 1.80 bits per heavy atom. The van der Waals surface area contributed by atoms with Gasteiger partial charge in [-0.05, 0) is 32.9 Å². The minimum atomic E-state index is 0.819. The molecule has 2 nitrogen and oxygen atoms in total. The first-order chi connectivity index (χ1) is 4.91. The Bertz CT molecular complexity index is 39.7. The van der Waals surface area contributed by atoms with E-state index in [0.29, 0.717) is 0 Å². The van der Waals surface area contributed by atoms with Crippen LogP contribution in [0.3, 0.4) is 0 Å². The van der Waals surface area contributed by atoms with Crippen molar-refractivity contribution < 1.29 is 4.74 Å². The number of hydrogen-bond donors (Lipinski definition) is 1. The van der Waals surface area contributed by atoms with Gasteiger partial charge in [-0.3, -0.25) is 0 Å². The zero-order chi connectivity index (χ0) is 7.66. The third kappa shape index (κ3) is 7.92. The number of rotatable bonds is 1. The fourth-order valence-corrected chi connectivity index (χ4v) is 0.802. The second-order valence-electron chi connectivity index (χ2n) is 2.39. The van der Waals surface area contributed by atoms with Gasteiger partial charge < -0.3 is 10.1 Å². The summed E-state index contributed by atoms with van der Waals surface area (Å²) >= 11 is 0. The lowest BCUT2D eigenvalue weighted by Gasteiger charge is -2.08. The zero-order valence-corrected chi connectivity index (χ0v) is 7.15. The summed E-state index contributed by atoms with van der Waals surface area (Å²) in [6.07, 6.45) is 4.22. The molecule has 1 N–H and O–H groups in total. The summed E-state index contributed by atoms with van der Waals surface area (Å²) in [4.78, 5) is 0. The summed E-state index contributed by atoms with van der Waals surface area (Å²) < 4.78 is 4.54. The van der Waals surface area contributed by atoms with Crippen LogP contribution < -0.4 is 5.32 Å². The van der Waals surface area contributed by atoms with Crippen LogP contribution in [-0.4, -0.2) is 26.8 Å². The highest BCUT2D eigenvalue weighted by Gasteiger charge is 1.93. The normalized spacial score (nSPS) is 17.4. The first-order valence-corrected chi connectivity index (χ1v) is 4.11. The molecule has 0 radical (unpaired) electrons. The molecule has 0 amide bonds. The molecule has 2 heteroatoms. The van der Waals surface area contributed by atoms with E-state index in [2.05, 4.69) is 10.1 Å². The Hall–Kier alpha value is -0.0800. The Labute approximate surface area is 64.0 Å². The van der Waals surface area contributed by atoms with Gasteiger partial charge in [0.05, 0.1) is 0 Å². The Balaban J connectivity index is 0.000000180. The number of nitrogens with one attached hydrogen (secondary N) is 1. The van der Waals surface area contributed by atoms with E-state index >= 15 is 0 Å². The van der Waals surface area contributed by atoms with Crippen molar-refractivity contribution in [2.75, 3.05) is 26.8 Å². The molecule has 0 aliphatic carbocycles. The molecule has 62 valence electrons. The van der Waals surface area contributed by atoms with Crippen LogP contribution in [0, 0.1) is 0 Å². The SMILES string of the molecule is C1CCNCC1.CCOC. The van der Waals surface area contributed by atoms with Crippen molar-refractivity contribution in [3.8, 4) is 0 Å². The summed E-state index contributed by atoms with van der Waals surface area (Å²) in [5.74, 6) is 0. The van der Waals surface area contributed by atoms with E-state index in [-0.39, 0.29) is 0 Å². The molecule has 0 atom stereocenters. The van der Waals surface area contributed by atoms with Crippen LogP contribution in [0.1, 0.15) is 26.2 Å². The fourth-order valence-electron chi connectivity index (χ4n) is 0.802. The zero-order valence-electron chi connectivity index (χ0n) is 7.15. The Morgan fingerprint density at radius 2 is 1.70 bits per heavy atom. The molecule has 0 spiro atoms.